The van der Waals surface area contributed by atoms with Crippen LogP contribution in [0.4, 0.5) is 4.79 Å². The first-order valence-corrected chi connectivity index (χ1v) is 6.57. The first-order chi connectivity index (χ1) is 8.81. The fraction of sp³-hybridized carbons (Fsp3) is 0.385. The Balaban J connectivity index is 2.52. The number of hydrogen-bond donors (Lipinski definition) is 0. The van der Waals surface area contributed by atoms with E-state index in [-0.39, 0.29) is 0 Å². The number of fused-ring (bicyclic) bond motifs is 1. The largest absolute Gasteiger partial charge is 0.479 e. The van der Waals surface area contributed by atoms with Crippen LogP contribution in [-0.4, -0.2) is 28.6 Å². The molecule has 0 atom stereocenters. The Morgan fingerprint density at radius 2 is 2.05 bits per heavy atom. The van der Waals surface area contributed by atoms with Crippen LogP contribution in [0.25, 0.3) is 10.9 Å². The molecular weight excluding hydrogens is 312 g/mol. The van der Waals surface area contributed by atoms with Crippen molar-refractivity contribution in [2.24, 2.45) is 0 Å². The highest BCUT2D eigenvalue weighted by Gasteiger charge is 2.22. The SMILES string of the molecule is COc1nn(C(=O)OC(C)(C)C)c2ccc(Br)cc12. The van der Waals surface area contributed by atoms with Crippen LogP contribution in [0.1, 0.15) is 20.8 Å². The maximum absolute atomic E-state index is 12.1. The summed E-state index contributed by atoms with van der Waals surface area (Å²) >= 11 is 3.38. The molecule has 0 fully saturated rings. The molecule has 0 N–H and O–H groups in total. The van der Waals surface area contributed by atoms with Gasteiger partial charge in [0.15, 0.2) is 0 Å². The van der Waals surface area contributed by atoms with Crippen LogP contribution in [-0.2, 0) is 4.74 Å². The lowest BCUT2D eigenvalue weighted by Crippen LogP contribution is -2.27. The van der Waals surface area contributed by atoms with Crippen LogP contribution in [0.2, 0.25) is 0 Å². The summed E-state index contributed by atoms with van der Waals surface area (Å²) in [5.74, 6) is 0.391. The van der Waals surface area contributed by atoms with Gasteiger partial charge in [-0.3, -0.25) is 0 Å². The number of carbonyl (C=O) groups excluding carboxylic acids is 1. The van der Waals surface area contributed by atoms with Gasteiger partial charge in [-0.05, 0) is 39.0 Å². The Hall–Kier alpha value is -1.56. The molecule has 0 aliphatic heterocycles. The first-order valence-electron chi connectivity index (χ1n) is 5.77. The molecule has 0 saturated carbocycles. The Kier molecular flexibility index (Phi) is 3.54. The van der Waals surface area contributed by atoms with E-state index < -0.39 is 11.7 Å². The lowest BCUT2D eigenvalue weighted by atomic mass is 10.2. The number of hydrogen-bond acceptors (Lipinski definition) is 4. The Labute approximate surface area is 119 Å². The number of nitrogens with zero attached hydrogens (tertiary/aromatic N) is 2. The molecule has 0 radical (unpaired) electrons. The van der Waals surface area contributed by atoms with E-state index in [1.165, 1.54) is 11.8 Å². The van der Waals surface area contributed by atoms with Crippen LogP contribution in [0, 0.1) is 0 Å². The molecule has 0 aliphatic rings. The molecule has 0 amide bonds. The molecule has 0 bridgehead atoms. The average molecular weight is 327 g/mol. The van der Waals surface area contributed by atoms with Crippen molar-refractivity contribution in [3.05, 3.63) is 22.7 Å². The molecule has 1 aromatic heterocycles. The molecule has 0 saturated heterocycles. The Bertz CT molecular complexity index is 629. The molecule has 0 aliphatic carbocycles. The van der Waals surface area contributed by atoms with E-state index >= 15 is 0 Å². The molecule has 19 heavy (non-hydrogen) atoms. The van der Waals surface area contributed by atoms with Crippen molar-refractivity contribution >= 4 is 32.9 Å². The van der Waals surface area contributed by atoms with Gasteiger partial charge in [-0.2, -0.15) is 4.68 Å². The highest BCUT2D eigenvalue weighted by atomic mass is 79.9. The zero-order valence-corrected chi connectivity index (χ0v) is 12.8. The minimum atomic E-state index is -0.571. The molecule has 6 heteroatoms. The van der Waals surface area contributed by atoms with Gasteiger partial charge in [-0.15, -0.1) is 5.10 Å². The number of aromatic nitrogens is 2. The third kappa shape index (κ3) is 2.89. The van der Waals surface area contributed by atoms with Gasteiger partial charge in [0.25, 0.3) is 0 Å². The summed E-state index contributed by atoms with van der Waals surface area (Å²) in [4.78, 5) is 12.1. The molecule has 102 valence electrons. The second kappa shape index (κ2) is 4.85. The van der Waals surface area contributed by atoms with Crippen molar-refractivity contribution < 1.29 is 14.3 Å². The van der Waals surface area contributed by atoms with E-state index in [1.54, 1.807) is 6.07 Å². The van der Waals surface area contributed by atoms with Crippen LogP contribution < -0.4 is 4.74 Å². The smallest absolute Gasteiger partial charge is 0.435 e. The summed E-state index contributed by atoms with van der Waals surface area (Å²) in [6, 6.07) is 5.48. The van der Waals surface area contributed by atoms with Gasteiger partial charge >= 0.3 is 6.09 Å². The van der Waals surface area contributed by atoms with E-state index in [0.29, 0.717) is 11.4 Å². The zero-order valence-electron chi connectivity index (χ0n) is 11.2. The number of methoxy groups -OCH3 is 1. The van der Waals surface area contributed by atoms with E-state index in [1.807, 2.05) is 32.9 Å². The average Bonchev–Trinajstić information content (AvgIpc) is 2.64. The summed E-state index contributed by atoms with van der Waals surface area (Å²) in [5, 5.41) is 4.88. The van der Waals surface area contributed by atoms with Gasteiger partial charge in [0.05, 0.1) is 18.0 Å². The maximum Gasteiger partial charge on any atom is 0.435 e. The lowest BCUT2D eigenvalue weighted by Gasteiger charge is -2.19. The van der Waals surface area contributed by atoms with Crippen LogP contribution in [0.15, 0.2) is 22.7 Å². The minimum Gasteiger partial charge on any atom is -0.479 e. The van der Waals surface area contributed by atoms with Gasteiger partial charge in [-0.1, -0.05) is 15.9 Å². The van der Waals surface area contributed by atoms with Gasteiger partial charge < -0.3 is 9.47 Å². The number of benzene rings is 1. The van der Waals surface area contributed by atoms with Gasteiger partial charge in [-0.25, -0.2) is 4.79 Å². The summed E-state index contributed by atoms with van der Waals surface area (Å²) in [6.07, 6.45) is -0.525. The molecule has 0 unspecified atom stereocenters. The van der Waals surface area contributed by atoms with E-state index in [9.17, 15) is 4.79 Å². The lowest BCUT2D eigenvalue weighted by molar-refractivity contribution is 0.0520. The van der Waals surface area contributed by atoms with Crippen LogP contribution >= 0.6 is 15.9 Å². The zero-order chi connectivity index (χ0) is 14.2. The number of carbonyl (C=O) groups is 1. The standard InChI is InChI=1S/C13H15BrN2O3/c1-13(2,3)19-12(17)16-10-6-5-8(14)7-9(10)11(15-16)18-4/h5-7H,1-4H3. The maximum atomic E-state index is 12.1. The first kappa shape index (κ1) is 13.9. The van der Waals surface area contributed by atoms with Crippen molar-refractivity contribution in [1.29, 1.82) is 0 Å². The number of rotatable bonds is 1. The predicted octanol–water partition coefficient (Wildman–Crippen LogP) is 3.59. The van der Waals surface area contributed by atoms with Crippen molar-refractivity contribution in [1.82, 2.24) is 9.78 Å². The van der Waals surface area contributed by atoms with Crippen molar-refractivity contribution in [2.45, 2.75) is 26.4 Å². The summed E-state index contributed by atoms with van der Waals surface area (Å²) in [7, 11) is 1.52. The van der Waals surface area contributed by atoms with E-state index in [4.69, 9.17) is 9.47 Å². The molecular formula is C13H15BrN2O3. The van der Waals surface area contributed by atoms with Gasteiger partial charge in [0.1, 0.15) is 5.60 Å². The van der Waals surface area contributed by atoms with Gasteiger partial charge in [0, 0.05) is 4.47 Å². The highest BCUT2D eigenvalue weighted by molar-refractivity contribution is 9.10. The van der Waals surface area contributed by atoms with Crippen LogP contribution in [0.3, 0.4) is 0 Å². The fourth-order valence-electron chi connectivity index (χ4n) is 1.66. The predicted molar refractivity (Wildman–Crippen MR) is 75.6 cm³/mol. The molecule has 1 heterocycles. The fourth-order valence-corrected chi connectivity index (χ4v) is 2.02. The monoisotopic (exact) mass is 326 g/mol. The number of halogens is 1. The quantitative estimate of drug-likeness (QED) is 0.803. The Morgan fingerprint density at radius 3 is 2.63 bits per heavy atom. The molecule has 0 spiro atoms. The van der Waals surface area contributed by atoms with Gasteiger partial charge in [0.2, 0.25) is 5.88 Å². The molecule has 5 nitrogen and oxygen atoms in total. The Morgan fingerprint density at radius 1 is 1.37 bits per heavy atom. The van der Waals surface area contributed by atoms with Crippen LogP contribution in [0.5, 0.6) is 5.88 Å². The van der Waals surface area contributed by atoms with Crippen molar-refractivity contribution in [3.63, 3.8) is 0 Å². The van der Waals surface area contributed by atoms with Crippen molar-refractivity contribution in [3.8, 4) is 5.88 Å². The third-order valence-electron chi connectivity index (χ3n) is 2.37. The second-order valence-electron chi connectivity index (χ2n) is 5.06. The van der Waals surface area contributed by atoms with E-state index in [0.717, 1.165) is 9.86 Å². The third-order valence-corrected chi connectivity index (χ3v) is 2.86. The molecule has 1 aromatic carbocycles. The summed E-state index contributed by atoms with van der Waals surface area (Å²) < 4.78 is 12.6. The summed E-state index contributed by atoms with van der Waals surface area (Å²) in [6.45, 7) is 5.43. The molecule has 2 aromatic rings. The highest BCUT2D eigenvalue weighted by Crippen LogP contribution is 2.28. The minimum absolute atomic E-state index is 0.391. The summed E-state index contributed by atoms with van der Waals surface area (Å²) in [5.41, 5.74) is 0.0760. The second-order valence-corrected chi connectivity index (χ2v) is 5.98. The molecule has 2 rings (SSSR count). The number of ether oxygens (including phenoxy) is 2. The normalized spacial score (nSPS) is 11.6. The topological polar surface area (TPSA) is 53.4 Å². The van der Waals surface area contributed by atoms with E-state index in [2.05, 4.69) is 21.0 Å². The van der Waals surface area contributed by atoms with Crippen molar-refractivity contribution in [2.75, 3.05) is 7.11 Å².